The third-order valence-electron chi connectivity index (χ3n) is 3.62. The van der Waals surface area contributed by atoms with Crippen molar-refractivity contribution in [1.29, 1.82) is 0 Å². The minimum absolute atomic E-state index is 0.112. The molecule has 0 atom stereocenters. The lowest BCUT2D eigenvalue weighted by molar-refractivity contribution is 0.170. The fourth-order valence-electron chi connectivity index (χ4n) is 2.23. The van der Waals surface area contributed by atoms with E-state index in [4.69, 9.17) is 0 Å². The van der Waals surface area contributed by atoms with Crippen molar-refractivity contribution in [2.24, 2.45) is 5.92 Å². The van der Waals surface area contributed by atoms with E-state index < -0.39 is 0 Å². The highest BCUT2D eigenvalue weighted by atomic mass is 16.2. The van der Waals surface area contributed by atoms with Crippen molar-refractivity contribution < 1.29 is 4.79 Å². The average molecular weight is 225 g/mol. The maximum Gasteiger partial charge on any atom is 0.317 e. The van der Waals surface area contributed by atoms with E-state index >= 15 is 0 Å². The van der Waals surface area contributed by atoms with Gasteiger partial charge in [-0.3, -0.25) is 0 Å². The molecule has 1 N–H and O–H groups in total. The van der Waals surface area contributed by atoms with Crippen LogP contribution in [0.4, 0.5) is 4.79 Å². The van der Waals surface area contributed by atoms with Crippen LogP contribution in [0.3, 0.4) is 0 Å². The van der Waals surface area contributed by atoms with Crippen LogP contribution in [-0.4, -0.2) is 55.6 Å². The first-order valence-electron chi connectivity index (χ1n) is 6.35. The SMILES string of the molecule is CN1CCC(CN(C)C(=O)NC2CC2)CC1. The summed E-state index contributed by atoms with van der Waals surface area (Å²) in [5.74, 6) is 0.686. The van der Waals surface area contributed by atoms with Crippen LogP contribution >= 0.6 is 0 Å². The number of urea groups is 1. The van der Waals surface area contributed by atoms with Crippen molar-refractivity contribution in [3.05, 3.63) is 0 Å². The average Bonchev–Trinajstić information content (AvgIpc) is 3.05. The van der Waals surface area contributed by atoms with Gasteiger partial charge in [-0.25, -0.2) is 4.79 Å². The van der Waals surface area contributed by atoms with Crippen molar-refractivity contribution in [2.75, 3.05) is 33.7 Å². The number of nitrogens with zero attached hydrogens (tertiary/aromatic N) is 2. The van der Waals surface area contributed by atoms with E-state index in [1.54, 1.807) is 0 Å². The number of hydrogen-bond acceptors (Lipinski definition) is 2. The Morgan fingerprint density at radius 2 is 1.94 bits per heavy atom. The normalized spacial score (nSPS) is 23.1. The molecule has 0 spiro atoms. The van der Waals surface area contributed by atoms with Gasteiger partial charge in [0, 0.05) is 19.6 Å². The van der Waals surface area contributed by atoms with Gasteiger partial charge in [0.2, 0.25) is 0 Å². The molecule has 0 aromatic carbocycles. The summed E-state index contributed by atoms with van der Waals surface area (Å²) in [7, 11) is 4.08. The van der Waals surface area contributed by atoms with E-state index in [1.165, 1.54) is 25.9 Å². The van der Waals surface area contributed by atoms with Crippen LogP contribution in [-0.2, 0) is 0 Å². The van der Waals surface area contributed by atoms with Crippen LogP contribution in [0.1, 0.15) is 25.7 Å². The van der Waals surface area contributed by atoms with Gasteiger partial charge in [0.1, 0.15) is 0 Å². The summed E-state index contributed by atoms with van der Waals surface area (Å²) in [6.45, 7) is 3.25. The van der Waals surface area contributed by atoms with Gasteiger partial charge in [0.05, 0.1) is 0 Å². The number of likely N-dealkylation sites (tertiary alicyclic amines) is 1. The minimum Gasteiger partial charge on any atom is -0.335 e. The Hall–Kier alpha value is -0.770. The predicted octanol–water partition coefficient (Wildman–Crippen LogP) is 1.13. The van der Waals surface area contributed by atoms with Crippen LogP contribution in [0.5, 0.6) is 0 Å². The van der Waals surface area contributed by atoms with Crippen LogP contribution < -0.4 is 5.32 Å². The molecule has 0 radical (unpaired) electrons. The Kier molecular flexibility index (Phi) is 3.69. The van der Waals surface area contributed by atoms with Crippen molar-refractivity contribution in [2.45, 2.75) is 31.7 Å². The lowest BCUT2D eigenvalue weighted by Crippen LogP contribution is -2.43. The second-order valence-electron chi connectivity index (χ2n) is 5.35. The van der Waals surface area contributed by atoms with E-state index in [1.807, 2.05) is 11.9 Å². The third kappa shape index (κ3) is 3.37. The molecule has 2 aliphatic rings. The number of hydrogen-bond donors (Lipinski definition) is 1. The van der Waals surface area contributed by atoms with E-state index in [2.05, 4.69) is 17.3 Å². The molecule has 92 valence electrons. The molecule has 1 aliphatic carbocycles. The topological polar surface area (TPSA) is 35.6 Å². The fourth-order valence-corrected chi connectivity index (χ4v) is 2.23. The summed E-state index contributed by atoms with van der Waals surface area (Å²) in [5.41, 5.74) is 0. The Labute approximate surface area is 98.0 Å². The zero-order valence-electron chi connectivity index (χ0n) is 10.4. The minimum atomic E-state index is 0.112. The van der Waals surface area contributed by atoms with Gasteiger partial charge in [0.15, 0.2) is 0 Å². The first-order valence-corrected chi connectivity index (χ1v) is 6.35. The Balaban J connectivity index is 1.69. The summed E-state index contributed by atoms with van der Waals surface area (Å²) in [6.07, 6.45) is 4.76. The van der Waals surface area contributed by atoms with Crippen molar-refractivity contribution in [3.63, 3.8) is 0 Å². The molecule has 0 bridgehead atoms. The second-order valence-corrected chi connectivity index (χ2v) is 5.35. The standard InChI is InChI=1S/C12H23N3O/c1-14-7-5-10(6-8-14)9-15(2)12(16)13-11-3-4-11/h10-11H,3-9H2,1-2H3,(H,13,16). The number of rotatable bonds is 3. The zero-order valence-corrected chi connectivity index (χ0v) is 10.4. The van der Waals surface area contributed by atoms with Crippen molar-refractivity contribution in [3.8, 4) is 0 Å². The first-order chi connectivity index (χ1) is 7.65. The van der Waals surface area contributed by atoms with Gasteiger partial charge >= 0.3 is 6.03 Å². The molecular formula is C12H23N3O. The number of piperidine rings is 1. The van der Waals surface area contributed by atoms with Crippen LogP contribution in [0.15, 0.2) is 0 Å². The first kappa shape index (κ1) is 11.7. The molecule has 0 aromatic rings. The monoisotopic (exact) mass is 225 g/mol. The van der Waals surface area contributed by atoms with Gasteiger partial charge in [-0.1, -0.05) is 0 Å². The molecule has 1 saturated heterocycles. The summed E-state index contributed by atoms with van der Waals surface area (Å²) < 4.78 is 0. The summed E-state index contributed by atoms with van der Waals surface area (Å²) >= 11 is 0. The van der Waals surface area contributed by atoms with E-state index in [0.29, 0.717) is 12.0 Å². The molecule has 0 unspecified atom stereocenters. The van der Waals surface area contributed by atoms with Gasteiger partial charge in [-0.15, -0.1) is 0 Å². The molecule has 0 aromatic heterocycles. The van der Waals surface area contributed by atoms with E-state index in [9.17, 15) is 4.79 Å². The molecule has 1 aliphatic heterocycles. The Morgan fingerprint density at radius 3 is 2.50 bits per heavy atom. The second kappa shape index (κ2) is 5.04. The quantitative estimate of drug-likeness (QED) is 0.781. The maximum absolute atomic E-state index is 11.7. The molecule has 1 heterocycles. The van der Waals surface area contributed by atoms with Gasteiger partial charge in [-0.2, -0.15) is 0 Å². The zero-order chi connectivity index (χ0) is 11.5. The van der Waals surface area contributed by atoms with Crippen LogP contribution in [0.25, 0.3) is 0 Å². The molecular weight excluding hydrogens is 202 g/mol. The molecule has 1 saturated carbocycles. The van der Waals surface area contributed by atoms with Gasteiger partial charge < -0.3 is 15.1 Å². The Morgan fingerprint density at radius 1 is 1.31 bits per heavy atom. The maximum atomic E-state index is 11.7. The summed E-state index contributed by atoms with van der Waals surface area (Å²) in [4.78, 5) is 16.0. The number of carbonyl (C=O) groups excluding carboxylic acids is 1. The van der Waals surface area contributed by atoms with Crippen LogP contribution in [0.2, 0.25) is 0 Å². The fraction of sp³-hybridized carbons (Fsp3) is 0.917. The highest BCUT2D eigenvalue weighted by Crippen LogP contribution is 2.20. The molecule has 2 fully saturated rings. The third-order valence-corrected chi connectivity index (χ3v) is 3.62. The van der Waals surface area contributed by atoms with Crippen molar-refractivity contribution >= 4 is 6.03 Å². The van der Waals surface area contributed by atoms with E-state index in [-0.39, 0.29) is 6.03 Å². The summed E-state index contributed by atoms with van der Waals surface area (Å²) in [5, 5.41) is 3.03. The molecule has 2 amide bonds. The van der Waals surface area contributed by atoms with Crippen LogP contribution in [0, 0.1) is 5.92 Å². The molecule has 4 heteroatoms. The Bertz CT molecular complexity index is 245. The molecule has 4 nitrogen and oxygen atoms in total. The smallest absolute Gasteiger partial charge is 0.317 e. The summed E-state index contributed by atoms with van der Waals surface area (Å²) in [6, 6.07) is 0.578. The number of amides is 2. The highest BCUT2D eigenvalue weighted by molar-refractivity contribution is 5.74. The number of nitrogens with one attached hydrogen (secondary N) is 1. The highest BCUT2D eigenvalue weighted by Gasteiger charge is 2.26. The molecule has 2 rings (SSSR count). The van der Waals surface area contributed by atoms with Crippen molar-refractivity contribution in [1.82, 2.24) is 15.1 Å². The van der Waals surface area contributed by atoms with E-state index in [0.717, 1.165) is 19.4 Å². The predicted molar refractivity (Wildman–Crippen MR) is 64.4 cm³/mol. The van der Waals surface area contributed by atoms with Gasteiger partial charge in [-0.05, 0) is 51.7 Å². The van der Waals surface area contributed by atoms with Gasteiger partial charge in [0.25, 0.3) is 0 Å². The number of carbonyl (C=O) groups is 1. The lowest BCUT2D eigenvalue weighted by atomic mass is 9.97. The molecule has 16 heavy (non-hydrogen) atoms. The largest absolute Gasteiger partial charge is 0.335 e. The lowest BCUT2D eigenvalue weighted by Gasteiger charge is -2.31.